The molecule has 2 saturated carbocycles. The van der Waals surface area contributed by atoms with Crippen molar-refractivity contribution in [2.75, 3.05) is 11.9 Å². The summed E-state index contributed by atoms with van der Waals surface area (Å²) in [7, 11) is 0. The van der Waals surface area contributed by atoms with E-state index >= 15 is 0 Å². The summed E-state index contributed by atoms with van der Waals surface area (Å²) in [4.78, 5) is 39.7. The number of ether oxygens (including phenoxy) is 1. The van der Waals surface area contributed by atoms with E-state index in [1.807, 2.05) is 0 Å². The van der Waals surface area contributed by atoms with Crippen LogP contribution in [-0.2, 0) is 25.5 Å². The zero-order valence-electron chi connectivity index (χ0n) is 13.4. The largest absolute Gasteiger partial charge is 0.481 e. The molecule has 3 rings (SSSR count). The van der Waals surface area contributed by atoms with Gasteiger partial charge in [0, 0.05) is 5.38 Å². The summed E-state index contributed by atoms with van der Waals surface area (Å²) < 4.78 is 4.86. The number of aromatic nitrogens is 1. The van der Waals surface area contributed by atoms with Crippen LogP contribution in [0.5, 0.6) is 0 Å². The van der Waals surface area contributed by atoms with Crippen molar-refractivity contribution < 1.29 is 24.2 Å². The molecule has 4 atom stereocenters. The van der Waals surface area contributed by atoms with Crippen LogP contribution in [0.25, 0.3) is 0 Å². The molecule has 1 heterocycles. The minimum absolute atomic E-state index is 0.0616. The second kappa shape index (κ2) is 6.88. The summed E-state index contributed by atoms with van der Waals surface area (Å²) in [6.45, 7) is 2.05. The molecule has 0 spiro atoms. The van der Waals surface area contributed by atoms with E-state index in [9.17, 15) is 19.5 Å². The lowest BCUT2D eigenvalue weighted by Gasteiger charge is -2.26. The number of aliphatic carboxylic acids is 1. The molecule has 1 aromatic heterocycles. The lowest BCUT2D eigenvalue weighted by Crippen LogP contribution is -2.37. The highest BCUT2D eigenvalue weighted by Crippen LogP contribution is 2.52. The maximum absolute atomic E-state index is 12.6. The van der Waals surface area contributed by atoms with Crippen LogP contribution in [0, 0.1) is 23.7 Å². The molecular formula is C16H20N2O5S. The molecule has 0 aliphatic heterocycles. The van der Waals surface area contributed by atoms with Crippen LogP contribution in [0.4, 0.5) is 5.13 Å². The molecule has 2 bridgehead atoms. The van der Waals surface area contributed by atoms with E-state index in [-0.39, 0.29) is 30.1 Å². The summed E-state index contributed by atoms with van der Waals surface area (Å²) in [5, 5.41) is 14.3. The molecule has 0 radical (unpaired) electrons. The Balaban J connectivity index is 1.64. The number of carboxylic acids is 1. The molecule has 2 fully saturated rings. The third-order valence-electron chi connectivity index (χ3n) is 4.92. The first kappa shape index (κ1) is 16.9. The number of hydrogen-bond acceptors (Lipinski definition) is 6. The number of esters is 1. The van der Waals surface area contributed by atoms with Crippen LogP contribution in [-0.4, -0.2) is 34.5 Å². The molecule has 7 nitrogen and oxygen atoms in total. The van der Waals surface area contributed by atoms with E-state index in [1.54, 1.807) is 12.3 Å². The standard InChI is InChI=1S/C16H20N2O5S/c1-2-23-11(19)6-10-7-24-16(17-10)18-14(20)12-8-3-4-9(5-8)13(12)15(21)22/h7-9,12-13H,2-6H2,1H3,(H,21,22)(H,17,18,20)/t8-,9-,12+,13+/m0/s1. The summed E-state index contributed by atoms with van der Waals surface area (Å²) in [5.74, 6) is -2.34. The van der Waals surface area contributed by atoms with Gasteiger partial charge in [0.05, 0.1) is 30.6 Å². The van der Waals surface area contributed by atoms with Gasteiger partial charge < -0.3 is 15.2 Å². The van der Waals surface area contributed by atoms with E-state index in [4.69, 9.17) is 4.74 Å². The molecule has 8 heteroatoms. The van der Waals surface area contributed by atoms with Gasteiger partial charge in [-0.05, 0) is 38.0 Å². The quantitative estimate of drug-likeness (QED) is 0.758. The van der Waals surface area contributed by atoms with Crippen molar-refractivity contribution in [3.63, 3.8) is 0 Å². The molecular weight excluding hydrogens is 332 g/mol. The average molecular weight is 352 g/mol. The van der Waals surface area contributed by atoms with Crippen LogP contribution >= 0.6 is 11.3 Å². The highest BCUT2D eigenvalue weighted by molar-refractivity contribution is 7.13. The Kier molecular flexibility index (Phi) is 4.84. The van der Waals surface area contributed by atoms with Crippen LogP contribution in [0.1, 0.15) is 31.9 Å². The first-order chi connectivity index (χ1) is 11.5. The van der Waals surface area contributed by atoms with Crippen molar-refractivity contribution >= 4 is 34.3 Å². The van der Waals surface area contributed by atoms with E-state index < -0.39 is 17.8 Å². The van der Waals surface area contributed by atoms with E-state index in [0.717, 1.165) is 19.3 Å². The van der Waals surface area contributed by atoms with Crippen LogP contribution in [0.15, 0.2) is 5.38 Å². The molecule has 24 heavy (non-hydrogen) atoms. The Hall–Kier alpha value is -1.96. The van der Waals surface area contributed by atoms with Gasteiger partial charge in [0.1, 0.15) is 0 Å². The Morgan fingerprint density at radius 1 is 1.33 bits per heavy atom. The molecule has 0 aromatic carbocycles. The fourth-order valence-corrected chi connectivity index (χ4v) is 4.73. The maximum Gasteiger partial charge on any atom is 0.311 e. The third kappa shape index (κ3) is 3.28. The number of fused-ring (bicyclic) bond motifs is 2. The predicted molar refractivity (Wildman–Crippen MR) is 86.5 cm³/mol. The molecule has 2 aliphatic carbocycles. The molecule has 1 amide bonds. The molecule has 2 N–H and O–H groups in total. The number of hydrogen-bond donors (Lipinski definition) is 2. The number of anilines is 1. The average Bonchev–Trinajstić information content (AvgIpc) is 3.22. The molecule has 1 aromatic rings. The van der Waals surface area contributed by atoms with Gasteiger partial charge in [0.2, 0.25) is 5.91 Å². The molecule has 2 aliphatic rings. The van der Waals surface area contributed by atoms with Gasteiger partial charge in [-0.25, -0.2) is 4.98 Å². The zero-order chi connectivity index (χ0) is 17.3. The Bertz CT molecular complexity index is 659. The number of carbonyl (C=O) groups is 3. The minimum atomic E-state index is -0.885. The number of thiazole rings is 1. The molecule has 130 valence electrons. The van der Waals surface area contributed by atoms with E-state index in [1.165, 1.54) is 11.3 Å². The number of carboxylic acid groups (broad SMARTS) is 1. The predicted octanol–water partition coefficient (Wildman–Crippen LogP) is 1.93. The summed E-state index contributed by atoms with van der Waals surface area (Å²) in [5.41, 5.74) is 0.538. The molecule has 0 unspecified atom stereocenters. The van der Waals surface area contributed by atoms with Crippen molar-refractivity contribution in [3.05, 3.63) is 11.1 Å². The summed E-state index contributed by atoms with van der Waals surface area (Å²) >= 11 is 1.23. The summed E-state index contributed by atoms with van der Waals surface area (Å²) in [6.07, 6.45) is 2.69. The fourth-order valence-electron chi connectivity index (χ4n) is 4.02. The highest BCUT2D eigenvalue weighted by atomic mass is 32.1. The number of nitrogens with one attached hydrogen (secondary N) is 1. The lowest BCUT2D eigenvalue weighted by molar-refractivity contribution is -0.148. The topological polar surface area (TPSA) is 106 Å². The molecule has 0 saturated heterocycles. The van der Waals surface area contributed by atoms with Gasteiger partial charge in [-0.3, -0.25) is 14.4 Å². The Morgan fingerprint density at radius 2 is 2.04 bits per heavy atom. The maximum atomic E-state index is 12.6. The number of amides is 1. The van der Waals surface area contributed by atoms with Gasteiger partial charge in [-0.1, -0.05) is 0 Å². The van der Waals surface area contributed by atoms with Crippen LogP contribution in [0.3, 0.4) is 0 Å². The highest BCUT2D eigenvalue weighted by Gasteiger charge is 2.54. The second-order valence-corrected chi connectivity index (χ2v) is 7.20. The van der Waals surface area contributed by atoms with Crippen molar-refractivity contribution in [2.45, 2.75) is 32.6 Å². The van der Waals surface area contributed by atoms with Crippen molar-refractivity contribution in [1.82, 2.24) is 4.98 Å². The van der Waals surface area contributed by atoms with E-state index in [0.29, 0.717) is 17.4 Å². The van der Waals surface area contributed by atoms with Crippen LogP contribution < -0.4 is 5.32 Å². The lowest BCUT2D eigenvalue weighted by atomic mass is 9.79. The smallest absolute Gasteiger partial charge is 0.311 e. The van der Waals surface area contributed by atoms with Crippen LogP contribution in [0.2, 0.25) is 0 Å². The zero-order valence-corrected chi connectivity index (χ0v) is 14.2. The number of nitrogens with zero attached hydrogens (tertiary/aromatic N) is 1. The van der Waals surface area contributed by atoms with Crippen molar-refractivity contribution in [3.8, 4) is 0 Å². The second-order valence-electron chi connectivity index (χ2n) is 6.34. The van der Waals surface area contributed by atoms with Crippen molar-refractivity contribution in [2.24, 2.45) is 23.7 Å². The Labute approximate surface area is 143 Å². The third-order valence-corrected chi connectivity index (χ3v) is 5.72. The first-order valence-corrected chi connectivity index (χ1v) is 9.01. The van der Waals surface area contributed by atoms with Gasteiger partial charge in [-0.15, -0.1) is 11.3 Å². The normalized spacial score (nSPS) is 27.9. The monoisotopic (exact) mass is 352 g/mol. The minimum Gasteiger partial charge on any atom is -0.481 e. The summed E-state index contributed by atoms with van der Waals surface area (Å²) in [6, 6.07) is 0. The van der Waals surface area contributed by atoms with E-state index in [2.05, 4.69) is 10.3 Å². The Morgan fingerprint density at radius 3 is 2.71 bits per heavy atom. The fraction of sp³-hybridized carbons (Fsp3) is 0.625. The number of rotatable bonds is 6. The SMILES string of the molecule is CCOC(=O)Cc1csc(NC(=O)[C@@H]2[C@H]3CC[C@@H](C3)[C@H]2C(=O)O)n1. The van der Waals surface area contributed by atoms with Gasteiger partial charge in [-0.2, -0.15) is 0 Å². The van der Waals surface area contributed by atoms with Gasteiger partial charge in [0.15, 0.2) is 5.13 Å². The van der Waals surface area contributed by atoms with Gasteiger partial charge >= 0.3 is 11.9 Å². The first-order valence-electron chi connectivity index (χ1n) is 8.13. The van der Waals surface area contributed by atoms with Crippen molar-refractivity contribution in [1.29, 1.82) is 0 Å². The van der Waals surface area contributed by atoms with Gasteiger partial charge in [0.25, 0.3) is 0 Å². The number of carbonyl (C=O) groups excluding carboxylic acids is 2.